The van der Waals surface area contributed by atoms with Crippen molar-refractivity contribution in [1.82, 2.24) is 0 Å². The maximum absolute atomic E-state index is 11.4. The Balaban J connectivity index is 3.38. The van der Waals surface area contributed by atoms with Crippen molar-refractivity contribution in [3.05, 3.63) is 33.4 Å². The van der Waals surface area contributed by atoms with Gasteiger partial charge in [-0.25, -0.2) is 4.79 Å². The van der Waals surface area contributed by atoms with Crippen LogP contribution in [0.3, 0.4) is 0 Å². The van der Waals surface area contributed by atoms with Gasteiger partial charge in [-0.2, -0.15) is 0 Å². The van der Waals surface area contributed by atoms with E-state index in [-0.39, 0.29) is 16.9 Å². The number of rotatable bonds is 3. The molecule has 0 saturated heterocycles. The molecule has 0 saturated carbocycles. The largest absolute Gasteiger partial charge is 0.465 e. The molecule has 96 valence electrons. The highest BCUT2D eigenvalue weighted by molar-refractivity contribution is 5.96. The number of nitro groups is 1. The van der Waals surface area contributed by atoms with Gasteiger partial charge in [0.05, 0.1) is 17.6 Å². The fraction of sp³-hybridized carbons (Fsp3) is 0.273. The summed E-state index contributed by atoms with van der Waals surface area (Å²) in [5.41, 5.74) is 0.281. The Bertz CT molecular complexity index is 524. The van der Waals surface area contributed by atoms with Crippen molar-refractivity contribution in [1.29, 1.82) is 0 Å². The molecule has 0 aliphatic heterocycles. The third kappa shape index (κ3) is 2.82. The minimum absolute atomic E-state index is 0.0534. The summed E-state index contributed by atoms with van der Waals surface area (Å²) in [6.07, 6.45) is 0. The Labute approximate surface area is 103 Å². The van der Waals surface area contributed by atoms with Gasteiger partial charge in [0.1, 0.15) is 5.69 Å². The Kier molecular flexibility index (Phi) is 3.98. The molecule has 0 aromatic heterocycles. The number of aryl methyl sites for hydroxylation is 1. The summed E-state index contributed by atoms with van der Waals surface area (Å²) in [7, 11) is 1.19. The molecule has 1 aromatic carbocycles. The highest BCUT2D eigenvalue weighted by atomic mass is 16.6. The Morgan fingerprint density at radius 2 is 2.00 bits per heavy atom. The van der Waals surface area contributed by atoms with Crippen LogP contribution in [0.1, 0.15) is 22.8 Å². The number of esters is 1. The van der Waals surface area contributed by atoms with Crippen LogP contribution in [-0.4, -0.2) is 23.9 Å². The first-order chi connectivity index (χ1) is 8.36. The molecule has 0 spiro atoms. The molecule has 0 bridgehead atoms. The zero-order valence-electron chi connectivity index (χ0n) is 10.1. The van der Waals surface area contributed by atoms with E-state index >= 15 is 0 Å². The summed E-state index contributed by atoms with van der Waals surface area (Å²) >= 11 is 0. The molecule has 0 heterocycles. The number of amides is 1. The number of nitrogens with zero attached hydrogens (tertiary/aromatic N) is 1. The highest BCUT2D eigenvalue weighted by Gasteiger charge is 2.21. The second kappa shape index (κ2) is 5.26. The van der Waals surface area contributed by atoms with Gasteiger partial charge in [0.25, 0.3) is 5.69 Å². The molecule has 1 rings (SSSR count). The van der Waals surface area contributed by atoms with Crippen molar-refractivity contribution < 1.29 is 19.2 Å². The van der Waals surface area contributed by atoms with E-state index in [0.717, 1.165) is 6.07 Å². The lowest BCUT2D eigenvalue weighted by molar-refractivity contribution is -0.384. The molecule has 0 atom stereocenters. The molecule has 1 amide bonds. The standard InChI is InChI=1S/C11H12N2O5/c1-6-4-9(12-7(2)14)10(13(16)17)5-8(6)11(15)18-3/h4-5H,1-3H3,(H,12,14). The predicted molar refractivity (Wildman–Crippen MR) is 63.5 cm³/mol. The van der Waals surface area contributed by atoms with E-state index in [1.807, 2.05) is 0 Å². The fourth-order valence-corrected chi connectivity index (χ4v) is 1.47. The van der Waals surface area contributed by atoms with E-state index in [9.17, 15) is 19.7 Å². The molecular weight excluding hydrogens is 240 g/mol. The molecular formula is C11H12N2O5. The minimum atomic E-state index is -0.669. The lowest BCUT2D eigenvalue weighted by Gasteiger charge is -2.08. The molecule has 7 nitrogen and oxygen atoms in total. The maximum atomic E-state index is 11.4. The van der Waals surface area contributed by atoms with E-state index in [0.29, 0.717) is 5.56 Å². The average molecular weight is 252 g/mol. The summed E-state index contributed by atoms with van der Waals surface area (Å²) < 4.78 is 4.52. The van der Waals surface area contributed by atoms with Crippen LogP contribution in [0.25, 0.3) is 0 Å². The lowest BCUT2D eigenvalue weighted by atomic mass is 10.1. The van der Waals surface area contributed by atoms with E-state index in [1.54, 1.807) is 6.92 Å². The van der Waals surface area contributed by atoms with Gasteiger partial charge in [-0.15, -0.1) is 0 Å². The zero-order valence-corrected chi connectivity index (χ0v) is 10.1. The number of carbonyl (C=O) groups is 2. The molecule has 0 aliphatic rings. The summed E-state index contributed by atoms with van der Waals surface area (Å²) in [6.45, 7) is 2.84. The quantitative estimate of drug-likeness (QED) is 0.501. The SMILES string of the molecule is COC(=O)c1cc([N+](=O)[O-])c(NC(C)=O)cc1C. The van der Waals surface area contributed by atoms with Gasteiger partial charge in [0.2, 0.25) is 5.91 Å². The van der Waals surface area contributed by atoms with Crippen LogP contribution >= 0.6 is 0 Å². The smallest absolute Gasteiger partial charge is 0.338 e. The number of methoxy groups -OCH3 is 1. The molecule has 0 unspecified atom stereocenters. The number of hydrogen-bond donors (Lipinski definition) is 1. The van der Waals surface area contributed by atoms with Crippen LogP contribution in [-0.2, 0) is 9.53 Å². The second-order valence-corrected chi connectivity index (χ2v) is 3.61. The first-order valence-electron chi connectivity index (χ1n) is 5.01. The number of carbonyl (C=O) groups excluding carboxylic acids is 2. The Hall–Kier alpha value is -2.44. The van der Waals surface area contributed by atoms with Gasteiger partial charge in [0, 0.05) is 13.0 Å². The van der Waals surface area contributed by atoms with Crippen LogP contribution in [0.2, 0.25) is 0 Å². The van der Waals surface area contributed by atoms with Crippen molar-refractivity contribution in [2.75, 3.05) is 12.4 Å². The van der Waals surface area contributed by atoms with Gasteiger partial charge < -0.3 is 10.1 Å². The first kappa shape index (κ1) is 13.6. The van der Waals surface area contributed by atoms with E-state index in [1.165, 1.54) is 20.1 Å². The predicted octanol–water partition coefficient (Wildman–Crippen LogP) is 1.65. The fourth-order valence-electron chi connectivity index (χ4n) is 1.47. The van der Waals surface area contributed by atoms with Crippen LogP contribution in [0.5, 0.6) is 0 Å². The summed E-state index contributed by atoms with van der Waals surface area (Å²) in [6, 6.07) is 2.46. The van der Waals surface area contributed by atoms with Gasteiger partial charge in [-0.3, -0.25) is 14.9 Å². The lowest BCUT2D eigenvalue weighted by Crippen LogP contribution is -2.11. The third-order valence-corrected chi connectivity index (χ3v) is 2.26. The van der Waals surface area contributed by atoms with Gasteiger partial charge >= 0.3 is 5.97 Å². The van der Waals surface area contributed by atoms with Gasteiger partial charge in [-0.1, -0.05) is 0 Å². The number of benzene rings is 1. The molecule has 0 fully saturated rings. The monoisotopic (exact) mass is 252 g/mol. The Morgan fingerprint density at radius 3 is 2.44 bits per heavy atom. The zero-order chi connectivity index (χ0) is 13.9. The third-order valence-electron chi connectivity index (χ3n) is 2.26. The number of nitro benzene ring substituents is 1. The van der Waals surface area contributed by atoms with Crippen LogP contribution < -0.4 is 5.32 Å². The highest BCUT2D eigenvalue weighted by Crippen LogP contribution is 2.28. The summed E-state index contributed by atoms with van der Waals surface area (Å²) in [5.74, 6) is -1.09. The topological polar surface area (TPSA) is 98.5 Å². The molecule has 7 heteroatoms. The van der Waals surface area contributed by atoms with Crippen LogP contribution in [0.15, 0.2) is 12.1 Å². The summed E-state index contributed by atoms with van der Waals surface area (Å²) in [4.78, 5) is 32.6. The summed E-state index contributed by atoms with van der Waals surface area (Å²) in [5, 5.41) is 13.2. The van der Waals surface area contributed by atoms with Gasteiger partial charge in [0.15, 0.2) is 0 Å². The number of anilines is 1. The van der Waals surface area contributed by atoms with Crippen molar-refractivity contribution in [3.8, 4) is 0 Å². The number of ether oxygens (including phenoxy) is 1. The normalized spacial score (nSPS) is 9.72. The van der Waals surface area contributed by atoms with E-state index in [2.05, 4.69) is 10.1 Å². The molecule has 0 aliphatic carbocycles. The minimum Gasteiger partial charge on any atom is -0.465 e. The molecule has 1 N–H and O–H groups in total. The van der Waals surface area contributed by atoms with Crippen molar-refractivity contribution in [2.45, 2.75) is 13.8 Å². The number of hydrogen-bond acceptors (Lipinski definition) is 5. The van der Waals surface area contributed by atoms with Crippen molar-refractivity contribution >= 4 is 23.3 Å². The van der Waals surface area contributed by atoms with E-state index in [4.69, 9.17) is 0 Å². The second-order valence-electron chi connectivity index (χ2n) is 3.61. The molecule has 18 heavy (non-hydrogen) atoms. The average Bonchev–Trinajstić information content (AvgIpc) is 2.27. The first-order valence-corrected chi connectivity index (χ1v) is 5.01. The van der Waals surface area contributed by atoms with Crippen molar-refractivity contribution in [3.63, 3.8) is 0 Å². The molecule has 0 radical (unpaired) electrons. The number of nitrogens with one attached hydrogen (secondary N) is 1. The van der Waals surface area contributed by atoms with Crippen LogP contribution in [0.4, 0.5) is 11.4 Å². The maximum Gasteiger partial charge on any atom is 0.338 e. The molecule has 1 aromatic rings. The van der Waals surface area contributed by atoms with Gasteiger partial charge in [-0.05, 0) is 18.6 Å². The van der Waals surface area contributed by atoms with Crippen LogP contribution in [0, 0.1) is 17.0 Å². The Morgan fingerprint density at radius 1 is 1.39 bits per heavy atom. The van der Waals surface area contributed by atoms with E-state index < -0.39 is 16.8 Å². The van der Waals surface area contributed by atoms with Crippen molar-refractivity contribution in [2.24, 2.45) is 0 Å².